The molecule has 0 spiro atoms. The maximum absolute atomic E-state index is 12.9. The van der Waals surface area contributed by atoms with Crippen molar-refractivity contribution in [3.8, 4) is 5.75 Å². The number of halogens is 1. The van der Waals surface area contributed by atoms with E-state index < -0.39 is 15.7 Å². The van der Waals surface area contributed by atoms with Crippen LogP contribution in [0.4, 0.5) is 10.1 Å². The van der Waals surface area contributed by atoms with Gasteiger partial charge in [0.1, 0.15) is 28.1 Å². The highest BCUT2D eigenvalue weighted by Crippen LogP contribution is 2.25. The summed E-state index contributed by atoms with van der Waals surface area (Å²) in [5.74, 6) is -0.313. The summed E-state index contributed by atoms with van der Waals surface area (Å²) in [6.07, 6.45) is 1.08. The lowest BCUT2D eigenvalue weighted by Gasteiger charge is -2.08. The van der Waals surface area contributed by atoms with Crippen LogP contribution in [0.25, 0.3) is 0 Å². The van der Waals surface area contributed by atoms with E-state index in [0.29, 0.717) is 21.3 Å². The molecule has 9 heteroatoms. The van der Waals surface area contributed by atoms with Crippen molar-refractivity contribution < 1.29 is 22.3 Å². The maximum atomic E-state index is 12.9. The van der Waals surface area contributed by atoms with Gasteiger partial charge in [-0.25, -0.2) is 17.8 Å². The normalized spacial score (nSPS) is 11.2. The molecule has 3 rings (SSSR count). The Morgan fingerprint density at radius 3 is 2.54 bits per heavy atom. The first-order valence-corrected chi connectivity index (χ1v) is 10.9. The van der Waals surface area contributed by atoms with Crippen molar-refractivity contribution in [1.82, 2.24) is 4.98 Å². The quantitative estimate of drug-likeness (QED) is 0.655. The van der Waals surface area contributed by atoms with E-state index in [1.54, 1.807) is 19.1 Å². The van der Waals surface area contributed by atoms with E-state index in [2.05, 4.69) is 10.3 Å². The van der Waals surface area contributed by atoms with Crippen LogP contribution in [0, 0.1) is 12.7 Å². The summed E-state index contributed by atoms with van der Waals surface area (Å²) in [5, 5.41) is 3.21. The molecule has 1 amide bonds. The Hall–Kier alpha value is -2.78. The van der Waals surface area contributed by atoms with E-state index in [1.165, 1.54) is 36.4 Å². The number of aromatic nitrogens is 1. The number of para-hydroxylation sites is 1. The average Bonchev–Trinajstić information content (AvgIpc) is 3.02. The Kier molecular flexibility index (Phi) is 5.76. The maximum Gasteiger partial charge on any atom is 0.267 e. The van der Waals surface area contributed by atoms with Gasteiger partial charge in [-0.1, -0.05) is 12.1 Å². The lowest BCUT2D eigenvalue weighted by Crippen LogP contribution is -2.14. The predicted molar refractivity (Wildman–Crippen MR) is 105 cm³/mol. The van der Waals surface area contributed by atoms with E-state index in [9.17, 15) is 17.6 Å². The van der Waals surface area contributed by atoms with Gasteiger partial charge in [0.2, 0.25) is 0 Å². The molecule has 28 heavy (non-hydrogen) atoms. The van der Waals surface area contributed by atoms with Crippen molar-refractivity contribution in [2.45, 2.75) is 18.4 Å². The smallest absolute Gasteiger partial charge is 0.267 e. The second kappa shape index (κ2) is 8.07. The van der Waals surface area contributed by atoms with Gasteiger partial charge in [-0.15, -0.1) is 11.3 Å². The average molecular weight is 420 g/mol. The summed E-state index contributed by atoms with van der Waals surface area (Å²) >= 11 is 1.15. The molecule has 0 saturated heterocycles. The van der Waals surface area contributed by atoms with Gasteiger partial charge in [-0.3, -0.25) is 4.79 Å². The summed E-state index contributed by atoms with van der Waals surface area (Å²) in [6, 6.07) is 11.8. The van der Waals surface area contributed by atoms with Crippen molar-refractivity contribution in [2.24, 2.45) is 0 Å². The third-order valence-electron chi connectivity index (χ3n) is 3.76. The van der Waals surface area contributed by atoms with Crippen LogP contribution in [0.3, 0.4) is 0 Å². The molecule has 0 aliphatic carbocycles. The van der Waals surface area contributed by atoms with E-state index in [0.717, 1.165) is 17.6 Å². The monoisotopic (exact) mass is 420 g/mol. The highest BCUT2D eigenvalue weighted by Gasteiger charge is 2.19. The number of amides is 1. The SMILES string of the molecule is Cc1nc(COc2ccc(F)cc2)sc1C(=O)Nc1ccccc1S(C)(=O)=O. The Balaban J connectivity index is 1.74. The molecule has 1 aromatic heterocycles. The Morgan fingerprint density at radius 1 is 1.18 bits per heavy atom. The molecule has 1 N–H and O–H groups in total. The fraction of sp³-hybridized carbons (Fsp3) is 0.158. The molecule has 0 saturated carbocycles. The molecule has 2 aromatic carbocycles. The zero-order chi connectivity index (χ0) is 20.3. The molecule has 0 unspecified atom stereocenters. The zero-order valence-electron chi connectivity index (χ0n) is 15.1. The second-order valence-electron chi connectivity index (χ2n) is 5.99. The Bertz CT molecular complexity index is 1110. The van der Waals surface area contributed by atoms with Gasteiger partial charge < -0.3 is 10.1 Å². The number of carbonyl (C=O) groups is 1. The Labute approximate surface area is 165 Å². The van der Waals surface area contributed by atoms with E-state index in [1.807, 2.05) is 0 Å². The lowest BCUT2D eigenvalue weighted by molar-refractivity contribution is 0.102. The van der Waals surface area contributed by atoms with Gasteiger partial charge in [0.05, 0.1) is 16.3 Å². The molecule has 1 heterocycles. The van der Waals surface area contributed by atoms with Crippen molar-refractivity contribution in [3.63, 3.8) is 0 Å². The number of carbonyl (C=O) groups excluding carboxylic acids is 1. The number of aryl methyl sites for hydroxylation is 1. The summed E-state index contributed by atoms with van der Waals surface area (Å²) in [5.41, 5.74) is 0.726. The third-order valence-corrected chi connectivity index (χ3v) is 6.04. The van der Waals surface area contributed by atoms with Gasteiger partial charge in [0.25, 0.3) is 5.91 Å². The van der Waals surface area contributed by atoms with Crippen molar-refractivity contribution >= 4 is 32.8 Å². The number of ether oxygens (including phenoxy) is 1. The fourth-order valence-electron chi connectivity index (χ4n) is 2.47. The molecule has 3 aromatic rings. The van der Waals surface area contributed by atoms with Gasteiger partial charge >= 0.3 is 0 Å². The topological polar surface area (TPSA) is 85.4 Å². The first-order chi connectivity index (χ1) is 13.2. The number of sulfone groups is 1. The number of rotatable bonds is 6. The number of hydrogen-bond acceptors (Lipinski definition) is 6. The van der Waals surface area contributed by atoms with Gasteiger partial charge in [0.15, 0.2) is 9.84 Å². The second-order valence-corrected chi connectivity index (χ2v) is 9.05. The molecule has 146 valence electrons. The molecule has 0 aliphatic heterocycles. The van der Waals surface area contributed by atoms with Crippen LogP contribution in [0.15, 0.2) is 53.4 Å². The van der Waals surface area contributed by atoms with Crippen LogP contribution in [-0.4, -0.2) is 25.6 Å². The van der Waals surface area contributed by atoms with E-state index in [-0.39, 0.29) is 23.0 Å². The minimum Gasteiger partial charge on any atom is -0.486 e. The standard InChI is InChI=1S/C19H17FN2O4S2/c1-12-18(19(23)22-15-5-3-4-6-16(15)28(2,24)25)27-17(21-12)11-26-14-9-7-13(20)8-10-14/h3-10H,11H2,1-2H3,(H,22,23). The third kappa shape index (κ3) is 4.73. The van der Waals surface area contributed by atoms with Crippen LogP contribution in [0.2, 0.25) is 0 Å². The van der Waals surface area contributed by atoms with Gasteiger partial charge in [-0.05, 0) is 43.3 Å². The van der Waals surface area contributed by atoms with Crippen LogP contribution >= 0.6 is 11.3 Å². The predicted octanol–water partition coefficient (Wildman–Crippen LogP) is 3.83. The van der Waals surface area contributed by atoms with Crippen LogP contribution in [0.5, 0.6) is 5.75 Å². The highest BCUT2D eigenvalue weighted by atomic mass is 32.2. The van der Waals surface area contributed by atoms with Crippen LogP contribution in [-0.2, 0) is 16.4 Å². The highest BCUT2D eigenvalue weighted by molar-refractivity contribution is 7.90. The largest absolute Gasteiger partial charge is 0.486 e. The molecule has 0 fully saturated rings. The first kappa shape index (κ1) is 20.0. The molecule has 0 radical (unpaired) electrons. The van der Waals surface area contributed by atoms with Crippen LogP contribution < -0.4 is 10.1 Å². The van der Waals surface area contributed by atoms with Crippen molar-refractivity contribution in [2.75, 3.05) is 11.6 Å². The molecular formula is C19H17FN2O4S2. The summed E-state index contributed by atoms with van der Waals surface area (Å²) in [6.45, 7) is 1.82. The minimum atomic E-state index is -3.48. The van der Waals surface area contributed by atoms with Crippen LogP contribution in [0.1, 0.15) is 20.4 Å². The number of thiazole rings is 1. The summed E-state index contributed by atoms with van der Waals surface area (Å²) < 4.78 is 42.2. The minimum absolute atomic E-state index is 0.0467. The van der Waals surface area contributed by atoms with Crippen molar-refractivity contribution in [3.05, 3.63) is 69.9 Å². The number of nitrogens with one attached hydrogen (secondary N) is 1. The first-order valence-electron chi connectivity index (χ1n) is 8.19. The van der Waals surface area contributed by atoms with E-state index >= 15 is 0 Å². The number of nitrogens with zero attached hydrogens (tertiary/aromatic N) is 1. The number of anilines is 1. The van der Waals surface area contributed by atoms with Crippen molar-refractivity contribution in [1.29, 1.82) is 0 Å². The van der Waals surface area contributed by atoms with Gasteiger partial charge in [0, 0.05) is 6.26 Å². The summed E-state index contributed by atoms with van der Waals surface area (Å²) in [7, 11) is -3.48. The molecule has 0 atom stereocenters. The molecule has 0 aliphatic rings. The number of hydrogen-bond donors (Lipinski definition) is 1. The number of benzene rings is 2. The zero-order valence-corrected chi connectivity index (χ0v) is 16.7. The Morgan fingerprint density at radius 2 is 1.86 bits per heavy atom. The fourth-order valence-corrected chi connectivity index (χ4v) is 4.19. The van der Waals surface area contributed by atoms with E-state index in [4.69, 9.17) is 4.74 Å². The molecule has 6 nitrogen and oxygen atoms in total. The molecular weight excluding hydrogens is 403 g/mol. The van der Waals surface area contributed by atoms with Gasteiger partial charge in [-0.2, -0.15) is 0 Å². The summed E-state index contributed by atoms with van der Waals surface area (Å²) in [4.78, 5) is 17.3. The lowest BCUT2D eigenvalue weighted by atomic mass is 10.3. The molecule has 0 bridgehead atoms.